The van der Waals surface area contributed by atoms with Gasteiger partial charge in [-0.05, 0) is 26.1 Å². The predicted octanol–water partition coefficient (Wildman–Crippen LogP) is 1.64. The number of rotatable bonds is 2. The lowest BCUT2D eigenvalue weighted by Crippen LogP contribution is -2.44. The summed E-state index contributed by atoms with van der Waals surface area (Å²) in [6.07, 6.45) is 0. The second kappa shape index (κ2) is 4.66. The van der Waals surface area contributed by atoms with Gasteiger partial charge in [0.15, 0.2) is 5.78 Å². The van der Waals surface area contributed by atoms with Crippen LogP contribution in [0, 0.1) is 0 Å². The van der Waals surface area contributed by atoms with Crippen LogP contribution in [0.15, 0.2) is 24.3 Å². The molecule has 1 aliphatic rings. The highest BCUT2D eigenvalue weighted by Crippen LogP contribution is 2.18. The monoisotopic (exact) mass is 219 g/mol. The maximum absolute atomic E-state index is 11.5. The summed E-state index contributed by atoms with van der Waals surface area (Å²) in [5.41, 5.74) is 1.74. The van der Waals surface area contributed by atoms with Crippen molar-refractivity contribution in [3.63, 3.8) is 0 Å². The van der Waals surface area contributed by atoms with Gasteiger partial charge in [0.05, 0.1) is 0 Å². The van der Waals surface area contributed by atoms with Crippen LogP contribution in [0.3, 0.4) is 0 Å². The van der Waals surface area contributed by atoms with E-state index in [2.05, 4.69) is 16.8 Å². The molecule has 0 saturated carbocycles. The summed E-state index contributed by atoms with van der Waals surface area (Å²) in [5, 5.41) is 0. The molecule has 1 aromatic carbocycles. The number of carbonyl (C=O) groups is 1. The zero-order chi connectivity index (χ0) is 12.3. The third-order valence-electron chi connectivity index (χ3n) is 3.04. The average Bonchev–Trinajstić information content (AvgIpc) is 2.39. The highest BCUT2D eigenvalue weighted by molar-refractivity contribution is 5.94. The Morgan fingerprint density at radius 3 is 2.75 bits per heavy atom. The Bertz CT molecular complexity index is 400. The number of piperazine rings is 1. The molecule has 1 aliphatic heterocycles. The number of hydrogen-bond acceptors (Lipinski definition) is 3. The van der Waals surface area contributed by atoms with Crippen molar-refractivity contribution in [2.75, 3.05) is 38.1 Å². The van der Waals surface area contributed by atoms with E-state index in [0.717, 1.165) is 31.9 Å². The molecule has 3 heteroatoms. The van der Waals surface area contributed by atoms with Gasteiger partial charge in [0, 0.05) is 38.8 Å². The van der Waals surface area contributed by atoms with Gasteiger partial charge < -0.3 is 9.80 Å². The van der Waals surface area contributed by atoms with Gasteiger partial charge in [0.25, 0.3) is 0 Å². The van der Waals surface area contributed by atoms with Crippen LogP contribution in [0.25, 0.3) is 0 Å². The normalized spacial score (nSPS) is 18.3. The van der Waals surface area contributed by atoms with Crippen LogP contribution in [-0.4, -0.2) is 43.9 Å². The van der Waals surface area contributed by atoms with E-state index < -0.39 is 0 Å². The minimum atomic E-state index is -0.174. The van der Waals surface area contributed by atoms with E-state index in [9.17, 15) is 4.79 Å². The Hall–Kier alpha value is -1.35. The van der Waals surface area contributed by atoms with Crippen LogP contribution in [-0.2, 0) is 0 Å². The summed E-state index contributed by atoms with van der Waals surface area (Å²) >= 11 is 0. The quantitative estimate of drug-likeness (QED) is 0.706. The Morgan fingerprint density at radius 2 is 2.06 bits per heavy atom. The fraction of sp³-hybridized carbons (Fsp3) is 0.462. The fourth-order valence-electron chi connectivity index (χ4n) is 1.94. The van der Waals surface area contributed by atoms with Gasteiger partial charge in [-0.15, -0.1) is 0 Å². The first-order chi connectivity index (χ1) is 8.20. The SMILES string of the molecule is [2H]CC(=O)c1cccc(N2CCN(C)CC2)c1. The Labute approximate surface area is 98.1 Å². The maximum atomic E-state index is 11.5. The second-order valence-electron chi connectivity index (χ2n) is 4.26. The van der Waals surface area contributed by atoms with Crippen LogP contribution < -0.4 is 4.90 Å². The van der Waals surface area contributed by atoms with E-state index in [4.69, 9.17) is 1.37 Å². The molecular weight excluding hydrogens is 200 g/mol. The van der Waals surface area contributed by atoms with Gasteiger partial charge in [-0.25, -0.2) is 0 Å². The molecule has 1 heterocycles. The molecule has 0 unspecified atom stereocenters. The van der Waals surface area contributed by atoms with E-state index in [0.29, 0.717) is 5.56 Å². The van der Waals surface area contributed by atoms with Gasteiger partial charge in [-0.1, -0.05) is 12.1 Å². The molecule has 0 amide bonds. The van der Waals surface area contributed by atoms with Gasteiger partial charge >= 0.3 is 0 Å². The molecule has 86 valence electrons. The number of ketones is 1. The molecule has 0 spiro atoms. The first-order valence-corrected chi connectivity index (χ1v) is 5.56. The van der Waals surface area contributed by atoms with Gasteiger partial charge in [-0.2, -0.15) is 0 Å². The van der Waals surface area contributed by atoms with Gasteiger partial charge in [0.2, 0.25) is 0 Å². The molecule has 1 fully saturated rings. The van der Waals surface area contributed by atoms with Crippen LogP contribution in [0.1, 0.15) is 18.6 Å². The van der Waals surface area contributed by atoms with Crippen molar-refractivity contribution in [3.8, 4) is 0 Å². The van der Waals surface area contributed by atoms with Crippen LogP contribution in [0.4, 0.5) is 5.69 Å². The molecule has 0 radical (unpaired) electrons. The topological polar surface area (TPSA) is 23.6 Å². The maximum Gasteiger partial charge on any atom is 0.159 e. The molecule has 0 atom stereocenters. The van der Waals surface area contributed by atoms with Crippen LogP contribution in [0.2, 0.25) is 0 Å². The van der Waals surface area contributed by atoms with E-state index in [1.54, 1.807) is 6.07 Å². The number of carbonyl (C=O) groups excluding carboxylic acids is 1. The molecule has 0 aromatic heterocycles. The Balaban J connectivity index is 2.13. The zero-order valence-electron chi connectivity index (χ0n) is 10.6. The molecule has 0 aliphatic carbocycles. The van der Waals surface area contributed by atoms with E-state index >= 15 is 0 Å². The summed E-state index contributed by atoms with van der Waals surface area (Å²) < 4.78 is 7.12. The lowest BCUT2D eigenvalue weighted by atomic mass is 10.1. The summed E-state index contributed by atoms with van der Waals surface area (Å²) in [5.74, 6) is -0.110. The molecular formula is C13H18N2O. The molecule has 1 aromatic rings. The van der Waals surface area contributed by atoms with Crippen molar-refractivity contribution in [3.05, 3.63) is 29.8 Å². The van der Waals surface area contributed by atoms with Gasteiger partial charge in [-0.3, -0.25) is 4.79 Å². The number of anilines is 1. The molecule has 16 heavy (non-hydrogen) atoms. The lowest BCUT2D eigenvalue weighted by molar-refractivity contribution is 0.101. The largest absolute Gasteiger partial charge is 0.369 e. The summed E-state index contributed by atoms with van der Waals surface area (Å²) in [7, 11) is 2.12. The summed E-state index contributed by atoms with van der Waals surface area (Å²) in [4.78, 5) is 16.1. The Morgan fingerprint density at radius 1 is 1.31 bits per heavy atom. The fourth-order valence-corrected chi connectivity index (χ4v) is 1.94. The van der Waals surface area contributed by atoms with Crippen molar-refractivity contribution in [2.24, 2.45) is 0 Å². The molecule has 0 N–H and O–H groups in total. The third kappa shape index (κ3) is 2.42. The zero-order valence-corrected chi connectivity index (χ0v) is 9.65. The third-order valence-corrected chi connectivity index (χ3v) is 3.04. The van der Waals surface area contributed by atoms with Crippen LogP contribution in [0.5, 0.6) is 0 Å². The number of Topliss-reactive ketones (excluding diaryl/α,β-unsaturated/α-hetero) is 1. The number of benzene rings is 1. The lowest BCUT2D eigenvalue weighted by Gasteiger charge is -2.34. The number of likely N-dealkylation sites (N-methyl/N-ethyl adjacent to an activating group) is 1. The average molecular weight is 219 g/mol. The molecule has 2 rings (SSSR count). The highest BCUT2D eigenvalue weighted by atomic mass is 16.1. The standard InChI is InChI=1S/C13H18N2O/c1-11(16)12-4-3-5-13(10-12)15-8-6-14(2)7-9-15/h3-5,10H,6-9H2,1-2H3/i1D. The predicted molar refractivity (Wildman–Crippen MR) is 66.2 cm³/mol. The van der Waals surface area contributed by atoms with Crippen molar-refractivity contribution in [1.82, 2.24) is 4.90 Å². The van der Waals surface area contributed by atoms with E-state index in [-0.39, 0.29) is 12.7 Å². The summed E-state index contributed by atoms with van der Waals surface area (Å²) in [6, 6.07) is 7.63. The smallest absolute Gasteiger partial charge is 0.159 e. The highest BCUT2D eigenvalue weighted by Gasteiger charge is 2.14. The second-order valence-corrected chi connectivity index (χ2v) is 4.26. The van der Waals surface area contributed by atoms with Crippen molar-refractivity contribution < 1.29 is 6.17 Å². The summed E-state index contributed by atoms with van der Waals surface area (Å²) in [6.45, 7) is 3.92. The Kier molecular flexibility index (Phi) is 2.87. The molecule has 3 nitrogen and oxygen atoms in total. The molecule has 0 bridgehead atoms. The van der Waals surface area contributed by atoms with E-state index in [1.807, 2.05) is 18.2 Å². The van der Waals surface area contributed by atoms with Gasteiger partial charge in [0.1, 0.15) is 0 Å². The number of hydrogen-bond donors (Lipinski definition) is 0. The minimum absolute atomic E-state index is 0.110. The van der Waals surface area contributed by atoms with Crippen molar-refractivity contribution in [1.29, 1.82) is 0 Å². The van der Waals surface area contributed by atoms with Crippen molar-refractivity contribution >= 4 is 11.5 Å². The number of nitrogens with zero attached hydrogens (tertiary/aromatic N) is 2. The first-order valence-electron chi connectivity index (χ1n) is 6.27. The molecule has 1 saturated heterocycles. The first kappa shape index (κ1) is 9.85. The minimum Gasteiger partial charge on any atom is -0.369 e. The van der Waals surface area contributed by atoms with E-state index in [1.165, 1.54) is 0 Å². The van der Waals surface area contributed by atoms with Crippen molar-refractivity contribution in [2.45, 2.75) is 6.90 Å². The van der Waals surface area contributed by atoms with Crippen LogP contribution >= 0.6 is 0 Å².